The van der Waals surface area contributed by atoms with Gasteiger partial charge in [0.1, 0.15) is 6.33 Å². The summed E-state index contributed by atoms with van der Waals surface area (Å²) >= 11 is 0. The molecule has 2 aliphatic rings. The number of nitrogens with zero attached hydrogens (tertiary/aromatic N) is 4. The van der Waals surface area contributed by atoms with Gasteiger partial charge in [0.05, 0.1) is 11.7 Å². The van der Waals surface area contributed by atoms with E-state index in [1.807, 2.05) is 6.07 Å². The first-order chi connectivity index (χ1) is 8.88. The molecule has 18 heavy (non-hydrogen) atoms. The average molecular weight is 247 g/mol. The molecule has 5 nitrogen and oxygen atoms in total. The summed E-state index contributed by atoms with van der Waals surface area (Å²) in [6.45, 7) is 5.31. The Kier molecular flexibility index (Phi) is 3.54. The Labute approximate surface area is 108 Å². The molecule has 0 amide bonds. The van der Waals surface area contributed by atoms with Crippen molar-refractivity contribution < 1.29 is 0 Å². The van der Waals surface area contributed by atoms with Crippen LogP contribution in [-0.4, -0.2) is 58.5 Å². The molecule has 1 aromatic rings. The lowest BCUT2D eigenvalue weighted by atomic mass is 10.1. The lowest BCUT2D eigenvalue weighted by molar-refractivity contribution is 0.0723. The van der Waals surface area contributed by atoms with E-state index >= 15 is 0 Å². The predicted octanol–water partition coefficient (Wildman–Crippen LogP) is 0.256. The Morgan fingerprint density at radius 2 is 2.33 bits per heavy atom. The normalized spacial score (nSPS) is 27.1. The molecule has 2 N–H and O–H groups in total. The Hall–Kier alpha value is -1.04. The van der Waals surface area contributed by atoms with Crippen LogP contribution in [0.3, 0.4) is 0 Å². The molecular formula is C13H21N5. The topological polar surface area (TPSA) is 58.3 Å². The Morgan fingerprint density at radius 1 is 1.39 bits per heavy atom. The van der Waals surface area contributed by atoms with E-state index < -0.39 is 0 Å². The van der Waals surface area contributed by atoms with Crippen molar-refractivity contribution in [1.29, 1.82) is 0 Å². The minimum absolute atomic E-state index is 0.246. The molecule has 3 heterocycles. The zero-order valence-corrected chi connectivity index (χ0v) is 10.7. The number of aromatic nitrogens is 2. The first-order valence-corrected chi connectivity index (χ1v) is 6.82. The maximum atomic E-state index is 5.96. The monoisotopic (exact) mass is 247 g/mol. The molecule has 2 unspecified atom stereocenters. The molecule has 0 radical (unpaired) electrons. The Morgan fingerprint density at radius 3 is 3.11 bits per heavy atom. The van der Waals surface area contributed by atoms with Crippen molar-refractivity contribution in [3.8, 4) is 0 Å². The van der Waals surface area contributed by atoms with Crippen LogP contribution in [0.5, 0.6) is 0 Å². The van der Waals surface area contributed by atoms with Gasteiger partial charge in [0.25, 0.3) is 0 Å². The maximum absolute atomic E-state index is 5.96. The number of hydrogen-bond donors (Lipinski definition) is 1. The summed E-state index contributed by atoms with van der Waals surface area (Å²) in [6, 6.07) is 2.96. The van der Waals surface area contributed by atoms with E-state index in [2.05, 4.69) is 19.8 Å². The van der Waals surface area contributed by atoms with E-state index in [-0.39, 0.29) is 6.04 Å². The first kappa shape index (κ1) is 12.0. The number of fused-ring (bicyclic) bond motifs is 1. The SMILES string of the molecule is NCC(c1ccncn1)N1CCN2CCCC2C1. The van der Waals surface area contributed by atoms with Crippen LogP contribution in [0.1, 0.15) is 24.6 Å². The summed E-state index contributed by atoms with van der Waals surface area (Å²) in [5, 5.41) is 0. The second-order valence-electron chi connectivity index (χ2n) is 5.21. The summed E-state index contributed by atoms with van der Waals surface area (Å²) in [7, 11) is 0. The summed E-state index contributed by atoms with van der Waals surface area (Å²) in [6.07, 6.45) is 6.09. The van der Waals surface area contributed by atoms with Crippen molar-refractivity contribution in [2.75, 3.05) is 32.7 Å². The van der Waals surface area contributed by atoms with Gasteiger partial charge in [-0.25, -0.2) is 9.97 Å². The summed E-state index contributed by atoms with van der Waals surface area (Å²) in [5.74, 6) is 0. The molecule has 2 fully saturated rings. The minimum atomic E-state index is 0.246. The van der Waals surface area contributed by atoms with Crippen LogP contribution in [0.25, 0.3) is 0 Å². The highest BCUT2D eigenvalue weighted by Crippen LogP contribution is 2.26. The predicted molar refractivity (Wildman–Crippen MR) is 70.0 cm³/mol. The van der Waals surface area contributed by atoms with Gasteiger partial charge in [0.2, 0.25) is 0 Å². The summed E-state index contributed by atoms with van der Waals surface area (Å²) in [5.41, 5.74) is 7.01. The summed E-state index contributed by atoms with van der Waals surface area (Å²) in [4.78, 5) is 13.5. The van der Waals surface area contributed by atoms with Gasteiger partial charge in [-0.15, -0.1) is 0 Å². The van der Waals surface area contributed by atoms with Gasteiger partial charge in [-0.1, -0.05) is 0 Å². The Bertz CT molecular complexity index is 382. The van der Waals surface area contributed by atoms with Gasteiger partial charge in [-0.05, 0) is 25.5 Å². The average Bonchev–Trinajstić information content (AvgIpc) is 2.88. The van der Waals surface area contributed by atoms with Crippen molar-refractivity contribution in [1.82, 2.24) is 19.8 Å². The maximum Gasteiger partial charge on any atom is 0.115 e. The number of rotatable bonds is 3. The molecule has 0 bridgehead atoms. The van der Waals surface area contributed by atoms with Crippen LogP contribution in [0, 0.1) is 0 Å². The van der Waals surface area contributed by atoms with Gasteiger partial charge < -0.3 is 5.73 Å². The molecule has 5 heteroatoms. The van der Waals surface area contributed by atoms with Crippen LogP contribution in [0.15, 0.2) is 18.6 Å². The van der Waals surface area contributed by atoms with Gasteiger partial charge in [-0.3, -0.25) is 9.80 Å². The minimum Gasteiger partial charge on any atom is -0.329 e. The van der Waals surface area contributed by atoms with E-state index in [4.69, 9.17) is 5.73 Å². The molecule has 0 aromatic carbocycles. The highest BCUT2D eigenvalue weighted by atomic mass is 15.3. The van der Waals surface area contributed by atoms with E-state index in [0.717, 1.165) is 24.8 Å². The smallest absolute Gasteiger partial charge is 0.115 e. The van der Waals surface area contributed by atoms with Gasteiger partial charge in [0, 0.05) is 38.4 Å². The molecule has 2 atom stereocenters. The fraction of sp³-hybridized carbons (Fsp3) is 0.692. The van der Waals surface area contributed by atoms with Crippen molar-refractivity contribution in [2.45, 2.75) is 24.9 Å². The number of hydrogen-bond acceptors (Lipinski definition) is 5. The van der Waals surface area contributed by atoms with Crippen molar-refractivity contribution in [3.05, 3.63) is 24.3 Å². The summed E-state index contributed by atoms with van der Waals surface area (Å²) < 4.78 is 0. The van der Waals surface area contributed by atoms with E-state index in [1.54, 1.807) is 12.5 Å². The molecule has 0 spiro atoms. The third-order valence-corrected chi connectivity index (χ3v) is 4.23. The van der Waals surface area contributed by atoms with E-state index in [9.17, 15) is 0 Å². The molecule has 98 valence electrons. The van der Waals surface area contributed by atoms with E-state index in [0.29, 0.717) is 6.54 Å². The van der Waals surface area contributed by atoms with Gasteiger partial charge >= 0.3 is 0 Å². The highest BCUT2D eigenvalue weighted by Gasteiger charge is 2.33. The van der Waals surface area contributed by atoms with Gasteiger partial charge in [-0.2, -0.15) is 0 Å². The number of nitrogens with two attached hydrogens (primary N) is 1. The third-order valence-electron chi connectivity index (χ3n) is 4.23. The molecule has 1 aromatic heterocycles. The molecule has 0 aliphatic carbocycles. The Balaban J connectivity index is 1.72. The fourth-order valence-electron chi connectivity index (χ4n) is 3.25. The molecule has 2 aliphatic heterocycles. The van der Waals surface area contributed by atoms with E-state index in [1.165, 1.54) is 25.9 Å². The van der Waals surface area contributed by atoms with Gasteiger partial charge in [0.15, 0.2) is 0 Å². The van der Waals surface area contributed by atoms with Crippen molar-refractivity contribution in [3.63, 3.8) is 0 Å². The van der Waals surface area contributed by atoms with Crippen LogP contribution in [0.2, 0.25) is 0 Å². The zero-order chi connectivity index (χ0) is 12.4. The van der Waals surface area contributed by atoms with Crippen molar-refractivity contribution in [2.24, 2.45) is 5.73 Å². The lowest BCUT2D eigenvalue weighted by Crippen LogP contribution is -2.52. The standard InChI is InChI=1S/C13H21N5/c14-8-13(12-3-4-15-10-16-12)18-7-6-17-5-1-2-11(17)9-18/h3-4,10-11,13H,1-2,5-9,14H2. The molecule has 0 saturated carbocycles. The van der Waals surface area contributed by atoms with Crippen LogP contribution in [0.4, 0.5) is 0 Å². The second kappa shape index (κ2) is 5.30. The largest absolute Gasteiger partial charge is 0.329 e. The highest BCUT2D eigenvalue weighted by molar-refractivity contribution is 5.07. The number of piperazine rings is 1. The molecule has 2 saturated heterocycles. The van der Waals surface area contributed by atoms with Crippen molar-refractivity contribution >= 4 is 0 Å². The van der Waals surface area contributed by atoms with Crippen LogP contribution in [-0.2, 0) is 0 Å². The second-order valence-corrected chi connectivity index (χ2v) is 5.21. The zero-order valence-electron chi connectivity index (χ0n) is 10.7. The quantitative estimate of drug-likeness (QED) is 0.830. The lowest BCUT2D eigenvalue weighted by Gasteiger charge is -2.41. The molecule has 3 rings (SSSR count). The third kappa shape index (κ3) is 2.25. The first-order valence-electron chi connectivity index (χ1n) is 6.82. The fourth-order valence-corrected chi connectivity index (χ4v) is 3.25. The van der Waals surface area contributed by atoms with Crippen LogP contribution < -0.4 is 5.73 Å². The van der Waals surface area contributed by atoms with Crippen LogP contribution >= 0.6 is 0 Å². The molecular weight excluding hydrogens is 226 g/mol.